The Morgan fingerprint density at radius 2 is 1.71 bits per heavy atom. The minimum Gasteiger partial charge on any atom is -0.384 e. The zero-order chi connectivity index (χ0) is 12.4. The molecule has 2 nitrogen and oxygen atoms in total. The maximum atomic E-state index is 13.0. The second-order valence-electron chi connectivity index (χ2n) is 3.84. The molecule has 1 aromatic heterocycles. The first kappa shape index (κ1) is 11.7. The van der Waals surface area contributed by atoms with Gasteiger partial charge in [-0.25, -0.2) is 8.78 Å². The van der Waals surface area contributed by atoms with Gasteiger partial charge in [0.25, 0.3) is 0 Å². The van der Waals surface area contributed by atoms with E-state index in [1.165, 1.54) is 6.20 Å². The van der Waals surface area contributed by atoms with Crippen molar-refractivity contribution in [3.8, 4) is 0 Å². The predicted octanol–water partition coefficient (Wildman–Crippen LogP) is 2.75. The van der Waals surface area contributed by atoms with Gasteiger partial charge in [0.2, 0.25) is 0 Å². The third-order valence-corrected chi connectivity index (χ3v) is 2.45. The molecule has 0 saturated carbocycles. The average molecular weight is 235 g/mol. The van der Waals surface area contributed by atoms with E-state index in [0.717, 1.165) is 23.9 Å². The Bertz CT molecular complexity index is 505. The van der Waals surface area contributed by atoms with Gasteiger partial charge in [0, 0.05) is 23.5 Å². The number of rotatable bonds is 2. The van der Waals surface area contributed by atoms with Gasteiger partial charge in [-0.05, 0) is 30.7 Å². The summed E-state index contributed by atoms with van der Waals surface area (Å²) in [6, 6.07) is 6.38. The van der Waals surface area contributed by atoms with E-state index in [2.05, 4.69) is 4.98 Å². The molecule has 2 rings (SSSR count). The Morgan fingerprint density at radius 3 is 2.24 bits per heavy atom. The number of halogens is 2. The van der Waals surface area contributed by atoms with Crippen molar-refractivity contribution in [1.29, 1.82) is 0 Å². The number of aliphatic hydroxyl groups excluding tert-OH is 1. The van der Waals surface area contributed by atoms with E-state index in [1.807, 2.05) is 6.92 Å². The lowest BCUT2D eigenvalue weighted by atomic mass is 10.0. The highest BCUT2D eigenvalue weighted by Gasteiger charge is 2.12. The number of aromatic nitrogens is 1. The fraction of sp³-hybridized carbons (Fsp3) is 0.154. The van der Waals surface area contributed by atoms with E-state index in [1.54, 1.807) is 12.1 Å². The topological polar surface area (TPSA) is 33.1 Å². The van der Waals surface area contributed by atoms with Gasteiger partial charge in [-0.15, -0.1) is 0 Å². The number of hydrogen-bond donors (Lipinski definition) is 1. The van der Waals surface area contributed by atoms with Gasteiger partial charge in [0.05, 0.1) is 0 Å². The summed E-state index contributed by atoms with van der Waals surface area (Å²) in [5.74, 6) is -1.42. The van der Waals surface area contributed by atoms with Crippen LogP contribution in [0.4, 0.5) is 8.78 Å². The van der Waals surface area contributed by atoms with Gasteiger partial charge < -0.3 is 5.11 Å². The molecule has 1 aromatic carbocycles. The minimum absolute atomic E-state index is 0.174. The molecule has 0 amide bonds. The molecule has 0 spiro atoms. The molecule has 17 heavy (non-hydrogen) atoms. The molecule has 1 heterocycles. The predicted molar refractivity (Wildman–Crippen MR) is 59.4 cm³/mol. The molecule has 0 radical (unpaired) electrons. The highest BCUT2D eigenvalue weighted by Crippen LogP contribution is 2.22. The fourth-order valence-electron chi connectivity index (χ4n) is 1.57. The van der Waals surface area contributed by atoms with Crippen LogP contribution in [0.5, 0.6) is 0 Å². The molecular weight excluding hydrogens is 224 g/mol. The second kappa shape index (κ2) is 4.59. The average Bonchev–Trinajstić information content (AvgIpc) is 2.28. The molecule has 4 heteroatoms. The zero-order valence-electron chi connectivity index (χ0n) is 9.19. The highest BCUT2D eigenvalue weighted by atomic mass is 19.1. The van der Waals surface area contributed by atoms with E-state index in [9.17, 15) is 13.9 Å². The quantitative estimate of drug-likeness (QED) is 0.868. The number of nitrogens with zero attached hydrogens (tertiary/aromatic N) is 1. The smallest absolute Gasteiger partial charge is 0.126 e. The summed E-state index contributed by atoms with van der Waals surface area (Å²) in [5, 5.41) is 9.96. The molecule has 0 bridgehead atoms. The third-order valence-electron chi connectivity index (χ3n) is 2.45. The molecule has 0 saturated heterocycles. The van der Waals surface area contributed by atoms with Crippen LogP contribution in [0.15, 0.2) is 36.5 Å². The Balaban J connectivity index is 2.36. The van der Waals surface area contributed by atoms with Crippen molar-refractivity contribution >= 4 is 0 Å². The highest BCUT2D eigenvalue weighted by molar-refractivity contribution is 5.29. The van der Waals surface area contributed by atoms with Crippen molar-refractivity contribution < 1.29 is 13.9 Å². The van der Waals surface area contributed by atoms with Crippen molar-refractivity contribution in [2.45, 2.75) is 13.0 Å². The van der Waals surface area contributed by atoms with E-state index < -0.39 is 17.7 Å². The van der Waals surface area contributed by atoms with E-state index in [-0.39, 0.29) is 5.56 Å². The van der Waals surface area contributed by atoms with Crippen molar-refractivity contribution in [3.05, 3.63) is 65.0 Å². The number of aryl methyl sites for hydroxylation is 1. The SMILES string of the molecule is Cc1ccc(C(O)c2cc(F)cc(F)c2)cn1. The van der Waals surface area contributed by atoms with Crippen molar-refractivity contribution in [1.82, 2.24) is 4.98 Å². The van der Waals surface area contributed by atoms with Gasteiger partial charge in [-0.2, -0.15) is 0 Å². The fourth-order valence-corrected chi connectivity index (χ4v) is 1.57. The van der Waals surface area contributed by atoms with Gasteiger partial charge in [0.15, 0.2) is 0 Å². The van der Waals surface area contributed by atoms with E-state index in [4.69, 9.17) is 0 Å². The number of benzene rings is 1. The number of pyridine rings is 1. The number of aliphatic hydroxyl groups is 1. The van der Waals surface area contributed by atoms with Gasteiger partial charge in [-0.3, -0.25) is 4.98 Å². The molecule has 1 N–H and O–H groups in total. The Morgan fingerprint density at radius 1 is 1.06 bits per heavy atom. The summed E-state index contributed by atoms with van der Waals surface area (Å²) >= 11 is 0. The van der Waals surface area contributed by atoms with E-state index >= 15 is 0 Å². The van der Waals surface area contributed by atoms with Crippen LogP contribution in [-0.4, -0.2) is 10.1 Å². The lowest BCUT2D eigenvalue weighted by molar-refractivity contribution is 0.218. The normalized spacial score (nSPS) is 12.5. The maximum absolute atomic E-state index is 13.0. The third kappa shape index (κ3) is 2.65. The van der Waals surface area contributed by atoms with Crippen LogP contribution in [0.25, 0.3) is 0 Å². The molecule has 1 atom stereocenters. The van der Waals surface area contributed by atoms with Gasteiger partial charge >= 0.3 is 0 Å². The lowest BCUT2D eigenvalue weighted by Gasteiger charge is -2.11. The van der Waals surface area contributed by atoms with Crippen molar-refractivity contribution in [2.24, 2.45) is 0 Å². The Kier molecular flexibility index (Phi) is 3.15. The van der Waals surface area contributed by atoms with Crippen LogP contribution in [0.1, 0.15) is 22.9 Å². The summed E-state index contributed by atoms with van der Waals surface area (Å²) in [6.07, 6.45) is 0.413. The lowest BCUT2D eigenvalue weighted by Crippen LogP contribution is -2.02. The summed E-state index contributed by atoms with van der Waals surface area (Å²) in [7, 11) is 0. The van der Waals surface area contributed by atoms with Gasteiger partial charge in [0.1, 0.15) is 17.7 Å². The van der Waals surface area contributed by atoms with Crippen LogP contribution >= 0.6 is 0 Å². The molecule has 1 unspecified atom stereocenters. The molecule has 0 fully saturated rings. The summed E-state index contributed by atoms with van der Waals surface area (Å²) in [4.78, 5) is 4.02. The van der Waals surface area contributed by atoms with Crippen LogP contribution in [0, 0.1) is 18.6 Å². The summed E-state index contributed by atoms with van der Waals surface area (Å²) < 4.78 is 26.0. The first-order valence-corrected chi connectivity index (χ1v) is 5.13. The molecule has 2 aromatic rings. The van der Waals surface area contributed by atoms with Crippen LogP contribution in [-0.2, 0) is 0 Å². The molecular formula is C13H11F2NO. The molecule has 0 aliphatic carbocycles. The largest absolute Gasteiger partial charge is 0.384 e. The number of hydrogen-bond acceptors (Lipinski definition) is 2. The molecule has 88 valence electrons. The van der Waals surface area contributed by atoms with Crippen molar-refractivity contribution in [3.63, 3.8) is 0 Å². The minimum atomic E-state index is -1.08. The van der Waals surface area contributed by atoms with Gasteiger partial charge in [-0.1, -0.05) is 6.07 Å². The first-order valence-electron chi connectivity index (χ1n) is 5.13. The maximum Gasteiger partial charge on any atom is 0.126 e. The summed E-state index contributed by atoms with van der Waals surface area (Å²) in [5.41, 5.74) is 1.49. The molecule has 0 aliphatic rings. The first-order chi connectivity index (χ1) is 8.06. The summed E-state index contributed by atoms with van der Waals surface area (Å²) in [6.45, 7) is 1.82. The van der Waals surface area contributed by atoms with E-state index in [0.29, 0.717) is 5.56 Å². The standard InChI is InChI=1S/C13H11F2NO/c1-8-2-3-9(7-16-8)13(17)10-4-11(14)6-12(15)5-10/h2-7,13,17H,1H3. The monoisotopic (exact) mass is 235 g/mol. The zero-order valence-corrected chi connectivity index (χ0v) is 9.19. The van der Waals surface area contributed by atoms with Crippen LogP contribution in [0.3, 0.4) is 0 Å². The van der Waals surface area contributed by atoms with Crippen LogP contribution < -0.4 is 0 Å². The van der Waals surface area contributed by atoms with Crippen LogP contribution in [0.2, 0.25) is 0 Å². The second-order valence-corrected chi connectivity index (χ2v) is 3.84. The van der Waals surface area contributed by atoms with Crippen molar-refractivity contribution in [2.75, 3.05) is 0 Å². The molecule has 0 aliphatic heterocycles. The Labute approximate surface area is 97.6 Å². The Hall–Kier alpha value is -1.81.